The Labute approximate surface area is 107 Å². The van der Waals surface area contributed by atoms with Crippen LogP contribution in [-0.4, -0.2) is 0 Å². The molecule has 3 heteroatoms. The fourth-order valence-corrected chi connectivity index (χ4v) is 1.24. The average Bonchev–Trinajstić information content (AvgIpc) is 2.13. The molecule has 0 unspecified atom stereocenters. The van der Waals surface area contributed by atoms with Crippen molar-refractivity contribution >= 4 is 0 Å². The first-order valence-corrected chi connectivity index (χ1v) is 3.49. The average molecular weight is 283 g/mol. The van der Waals surface area contributed by atoms with Crippen molar-refractivity contribution in [2.75, 3.05) is 0 Å². The predicted octanol–water partition coefficient (Wildman–Crippen LogP) is -3.27. The van der Waals surface area contributed by atoms with Gasteiger partial charge in [0.05, 0.1) is 0 Å². The third-order valence-electron chi connectivity index (χ3n) is 1.74. The molecule has 0 fully saturated rings. The molecule has 0 aromatic rings. The number of allylic oxidation sites excluding steroid dienone is 4. The molecule has 1 aliphatic carbocycles. The number of hydrogen-bond acceptors (Lipinski definition) is 0. The quantitative estimate of drug-likeness (QED) is 0.443. The van der Waals surface area contributed by atoms with Gasteiger partial charge in [-0.3, -0.25) is 6.08 Å². The van der Waals surface area contributed by atoms with Crippen molar-refractivity contribution in [2.24, 2.45) is 5.92 Å². The zero-order chi connectivity index (χ0) is 6.85. The van der Waals surface area contributed by atoms with E-state index in [9.17, 15) is 0 Å². The van der Waals surface area contributed by atoms with Gasteiger partial charge in [0.15, 0.2) is 0 Å². The molecule has 67 valence electrons. The van der Waals surface area contributed by atoms with E-state index in [2.05, 4.69) is 32.9 Å². The van der Waals surface area contributed by atoms with E-state index in [0.717, 1.165) is 6.42 Å². The normalized spacial score (nSPS) is 13.7. The monoisotopic (exact) mass is 281 g/mol. The van der Waals surface area contributed by atoms with Gasteiger partial charge in [0, 0.05) is 0 Å². The van der Waals surface area contributed by atoms with Crippen molar-refractivity contribution in [3.05, 3.63) is 23.3 Å². The topological polar surface area (TPSA) is 0 Å². The second-order valence-corrected chi connectivity index (χ2v) is 2.82. The molecule has 0 spiro atoms. The van der Waals surface area contributed by atoms with E-state index in [4.69, 9.17) is 0 Å². The second kappa shape index (κ2) is 8.54. The Morgan fingerprint density at radius 2 is 1.83 bits per heavy atom. The summed E-state index contributed by atoms with van der Waals surface area (Å²) in [4.78, 5) is 0. The summed E-state index contributed by atoms with van der Waals surface area (Å²) in [5, 5.41) is 0. The Hall–Kier alpha value is 0.943. The predicted molar refractivity (Wildman–Crippen MR) is 40.0 cm³/mol. The van der Waals surface area contributed by atoms with E-state index in [1.807, 2.05) is 0 Å². The van der Waals surface area contributed by atoms with Crippen molar-refractivity contribution in [3.8, 4) is 0 Å². The maximum atomic E-state index is 3.27. The van der Waals surface area contributed by atoms with E-state index in [-0.39, 0.29) is 51.0 Å². The van der Waals surface area contributed by atoms with E-state index >= 15 is 0 Å². The Balaban J connectivity index is -0.000000270. The molecule has 0 aromatic carbocycles. The summed E-state index contributed by atoms with van der Waals surface area (Å²) in [6, 6.07) is 0. The van der Waals surface area contributed by atoms with Crippen LogP contribution >= 0.6 is 0 Å². The molecule has 0 saturated heterocycles. The van der Waals surface area contributed by atoms with Gasteiger partial charge in [-0.1, -0.05) is 26.7 Å². The fraction of sp³-hybridized carbons (Fsp3) is 0.556. The zero-order valence-corrected chi connectivity index (χ0v) is 11.6. The maximum absolute atomic E-state index is 3.27. The third-order valence-corrected chi connectivity index (χ3v) is 1.74. The maximum Gasteiger partial charge on any atom is 3.00 e. The van der Waals surface area contributed by atoms with Gasteiger partial charge in [-0.15, -0.1) is 6.42 Å². The number of hydrogen-bond donors (Lipinski definition) is 0. The molecule has 0 bridgehead atoms. The Morgan fingerprint density at radius 3 is 2.00 bits per heavy atom. The summed E-state index contributed by atoms with van der Waals surface area (Å²) in [6.07, 6.45) is 6.57. The molecule has 0 saturated carbocycles. The minimum absolute atomic E-state index is 0. The van der Waals surface area contributed by atoms with Gasteiger partial charge in [0.25, 0.3) is 0 Å². The SMILES string of the molecule is CC1=[C-]CC=C1C(C)C.[Cl-].[Cl-].[Zr+3]. The Kier molecular flexibility index (Phi) is 13.3. The third kappa shape index (κ3) is 4.85. The first kappa shape index (κ1) is 18.7. The summed E-state index contributed by atoms with van der Waals surface area (Å²) >= 11 is 0. The van der Waals surface area contributed by atoms with Crippen molar-refractivity contribution in [3.63, 3.8) is 0 Å². The van der Waals surface area contributed by atoms with Crippen LogP contribution in [0.4, 0.5) is 0 Å². The van der Waals surface area contributed by atoms with Gasteiger partial charge >= 0.3 is 26.2 Å². The molecule has 0 amide bonds. The minimum Gasteiger partial charge on any atom is -1.00 e. The summed E-state index contributed by atoms with van der Waals surface area (Å²) in [7, 11) is 0. The van der Waals surface area contributed by atoms with Crippen molar-refractivity contribution in [1.82, 2.24) is 0 Å². The van der Waals surface area contributed by atoms with Crippen LogP contribution in [0.2, 0.25) is 0 Å². The van der Waals surface area contributed by atoms with Gasteiger partial charge < -0.3 is 24.8 Å². The first-order chi connectivity index (χ1) is 4.22. The van der Waals surface area contributed by atoms with Crippen LogP contribution in [0, 0.1) is 12.0 Å². The molecular formula is C9H13Cl2Zr. The van der Waals surface area contributed by atoms with Crippen LogP contribution < -0.4 is 24.8 Å². The van der Waals surface area contributed by atoms with Gasteiger partial charge in [-0.05, 0) is 0 Å². The molecule has 0 aromatic heterocycles. The van der Waals surface area contributed by atoms with Gasteiger partial charge in [-0.2, -0.15) is 11.6 Å². The molecule has 0 aliphatic heterocycles. The molecule has 0 N–H and O–H groups in total. The van der Waals surface area contributed by atoms with Gasteiger partial charge in [-0.25, -0.2) is 5.57 Å². The van der Waals surface area contributed by atoms with Crippen molar-refractivity contribution in [2.45, 2.75) is 27.2 Å². The second-order valence-electron chi connectivity index (χ2n) is 2.82. The Bertz CT molecular complexity index is 171. The molecule has 1 aliphatic rings. The van der Waals surface area contributed by atoms with Gasteiger partial charge in [0.1, 0.15) is 0 Å². The van der Waals surface area contributed by atoms with Crippen LogP contribution in [0.1, 0.15) is 27.2 Å². The van der Waals surface area contributed by atoms with Crippen LogP contribution in [0.3, 0.4) is 0 Å². The van der Waals surface area contributed by atoms with E-state index in [0.29, 0.717) is 5.92 Å². The van der Waals surface area contributed by atoms with Crippen LogP contribution in [0.15, 0.2) is 17.2 Å². The van der Waals surface area contributed by atoms with Crippen LogP contribution in [0.5, 0.6) is 0 Å². The minimum atomic E-state index is 0. The van der Waals surface area contributed by atoms with E-state index < -0.39 is 0 Å². The first-order valence-electron chi connectivity index (χ1n) is 3.49. The molecular weight excluding hydrogens is 270 g/mol. The molecule has 12 heavy (non-hydrogen) atoms. The van der Waals surface area contributed by atoms with E-state index in [1.54, 1.807) is 0 Å². The molecule has 1 rings (SSSR count). The molecule has 0 heterocycles. The van der Waals surface area contributed by atoms with Crippen LogP contribution in [0.25, 0.3) is 0 Å². The summed E-state index contributed by atoms with van der Waals surface area (Å²) in [6.45, 7) is 6.59. The van der Waals surface area contributed by atoms with Crippen LogP contribution in [-0.2, 0) is 26.2 Å². The standard InChI is InChI=1S/C9H13.2ClH.Zr/c1-7(2)9-6-4-5-8(9)3;;;/h6-7H,4H2,1-3H3;2*1H;/q-1;;;+3/p-2. The van der Waals surface area contributed by atoms with Crippen molar-refractivity contribution < 1.29 is 51.0 Å². The zero-order valence-electron chi connectivity index (χ0n) is 7.62. The molecule has 0 atom stereocenters. The molecule has 1 radical (unpaired) electrons. The van der Waals surface area contributed by atoms with Crippen molar-refractivity contribution in [1.29, 1.82) is 0 Å². The summed E-state index contributed by atoms with van der Waals surface area (Å²) < 4.78 is 0. The largest absolute Gasteiger partial charge is 3.00 e. The van der Waals surface area contributed by atoms with Gasteiger partial charge in [0.2, 0.25) is 0 Å². The summed E-state index contributed by atoms with van der Waals surface area (Å²) in [5.41, 5.74) is 2.83. The fourth-order valence-electron chi connectivity index (χ4n) is 1.24. The Morgan fingerprint density at radius 1 is 1.33 bits per heavy atom. The number of halogens is 2. The van der Waals surface area contributed by atoms with E-state index in [1.165, 1.54) is 11.1 Å². The summed E-state index contributed by atoms with van der Waals surface area (Å²) in [5.74, 6) is 0.681. The molecule has 0 nitrogen and oxygen atoms in total. The smallest absolute Gasteiger partial charge is 1.00 e. The number of rotatable bonds is 1.